The van der Waals surface area contributed by atoms with Gasteiger partial charge in [-0.2, -0.15) is 5.10 Å². The van der Waals surface area contributed by atoms with Crippen molar-refractivity contribution < 1.29 is 28.8 Å². The number of fused-ring (bicyclic) bond motifs is 4. The molecule has 0 radical (unpaired) electrons. The first kappa shape index (κ1) is 17.5. The summed E-state index contributed by atoms with van der Waals surface area (Å²) in [7, 11) is 0. The normalized spacial score (nSPS) is 25.6. The van der Waals surface area contributed by atoms with Crippen molar-refractivity contribution in [3.63, 3.8) is 0 Å². The maximum Gasteiger partial charge on any atom is 1.00 e. The number of benzene rings is 1. The Morgan fingerprint density at radius 2 is 2.12 bits per heavy atom. The molecule has 1 aromatic carbocycles. The quantitative estimate of drug-likeness (QED) is 0.598. The summed E-state index contributed by atoms with van der Waals surface area (Å²) in [5.41, 5.74) is 0.867. The Morgan fingerprint density at radius 1 is 1.33 bits per heavy atom. The molecule has 2 bridgehead atoms. The van der Waals surface area contributed by atoms with Crippen LogP contribution in [0.1, 0.15) is 23.2 Å². The van der Waals surface area contributed by atoms with Gasteiger partial charge >= 0.3 is 18.9 Å². The molecular formula is C17H21LiN4O2. The standard InChI is InChI=1S/C17H22N4O2.Li/c22-17(23)14-3-1-2-13-10-19-21(16(13)14)9-6-18-15-11-20-7-4-12(15)5-8-20;/h1-3,10,12,15,18H,4-9,11H2,(H,22,23);/q;+1/p-1/t15-;/m1./s1. The van der Waals surface area contributed by atoms with Crippen molar-refractivity contribution in [1.82, 2.24) is 20.0 Å². The van der Waals surface area contributed by atoms with Gasteiger partial charge in [-0.3, -0.25) is 4.68 Å². The Labute approximate surface area is 153 Å². The topological polar surface area (TPSA) is 73.2 Å². The van der Waals surface area contributed by atoms with Gasteiger partial charge < -0.3 is 20.1 Å². The van der Waals surface area contributed by atoms with Crippen LogP contribution in [0.2, 0.25) is 0 Å². The average Bonchev–Trinajstić information content (AvgIpc) is 2.99. The van der Waals surface area contributed by atoms with Gasteiger partial charge in [-0.05, 0) is 31.8 Å². The fraction of sp³-hybridized carbons (Fsp3) is 0.529. The number of hydrogen-bond donors (Lipinski definition) is 1. The first-order valence-electron chi connectivity index (χ1n) is 8.34. The molecule has 2 aromatic rings. The van der Waals surface area contributed by atoms with Crippen molar-refractivity contribution in [1.29, 1.82) is 0 Å². The Kier molecular flexibility index (Phi) is 5.31. The maximum atomic E-state index is 11.3. The fourth-order valence-electron chi connectivity index (χ4n) is 4.03. The van der Waals surface area contributed by atoms with Gasteiger partial charge in [0.05, 0.1) is 24.2 Å². The molecule has 1 aromatic heterocycles. The van der Waals surface area contributed by atoms with E-state index in [4.69, 9.17) is 0 Å². The van der Waals surface area contributed by atoms with Crippen LogP contribution in [0.4, 0.5) is 0 Å². The summed E-state index contributed by atoms with van der Waals surface area (Å²) in [5, 5.41) is 20.1. The molecule has 24 heavy (non-hydrogen) atoms. The number of carboxylic acids is 1. The molecule has 122 valence electrons. The summed E-state index contributed by atoms with van der Waals surface area (Å²) in [4.78, 5) is 13.8. The van der Waals surface area contributed by atoms with Crippen LogP contribution >= 0.6 is 0 Å². The SMILES string of the molecule is O=C([O-])c1cccc2cnn(CCN[C@@H]3CN4CCC3CC4)c12.[Li+]. The summed E-state index contributed by atoms with van der Waals surface area (Å²) >= 11 is 0. The number of piperidine rings is 3. The monoisotopic (exact) mass is 320 g/mol. The van der Waals surface area contributed by atoms with Crippen LogP contribution in [-0.4, -0.2) is 52.9 Å². The van der Waals surface area contributed by atoms with E-state index in [0.29, 0.717) is 18.1 Å². The zero-order valence-electron chi connectivity index (χ0n) is 14.1. The van der Waals surface area contributed by atoms with Crippen molar-refractivity contribution in [3.8, 4) is 0 Å². The summed E-state index contributed by atoms with van der Waals surface area (Å²) < 4.78 is 1.77. The van der Waals surface area contributed by atoms with Crippen LogP contribution in [0.15, 0.2) is 24.4 Å². The summed E-state index contributed by atoms with van der Waals surface area (Å²) in [5.74, 6) is -0.365. The second-order valence-corrected chi connectivity index (χ2v) is 6.60. The van der Waals surface area contributed by atoms with Gasteiger partial charge in [0.2, 0.25) is 0 Å². The molecule has 4 heterocycles. The minimum Gasteiger partial charge on any atom is -0.545 e. The average molecular weight is 320 g/mol. The summed E-state index contributed by atoms with van der Waals surface area (Å²) in [6.45, 7) is 5.07. The largest absolute Gasteiger partial charge is 1.00 e. The molecule has 0 saturated carbocycles. The van der Waals surface area contributed by atoms with Gasteiger partial charge in [0.25, 0.3) is 0 Å². The Hall–Kier alpha value is -1.32. The first-order valence-corrected chi connectivity index (χ1v) is 8.34. The number of rotatable bonds is 5. The van der Waals surface area contributed by atoms with Crippen molar-refractivity contribution in [2.24, 2.45) is 5.92 Å². The van der Waals surface area contributed by atoms with Gasteiger partial charge in [-0.15, -0.1) is 0 Å². The number of nitrogens with zero attached hydrogens (tertiary/aromatic N) is 3. The van der Waals surface area contributed by atoms with E-state index in [-0.39, 0.29) is 24.4 Å². The molecule has 1 N–H and O–H groups in total. The summed E-state index contributed by atoms with van der Waals surface area (Å²) in [6, 6.07) is 5.74. The van der Waals surface area contributed by atoms with E-state index < -0.39 is 5.97 Å². The van der Waals surface area contributed by atoms with E-state index in [0.717, 1.165) is 24.4 Å². The number of carbonyl (C=O) groups is 1. The molecule has 7 heteroatoms. The number of nitrogens with one attached hydrogen (secondary N) is 1. The molecule has 3 aliphatic heterocycles. The zero-order chi connectivity index (χ0) is 15.8. The van der Waals surface area contributed by atoms with Gasteiger partial charge in [-0.25, -0.2) is 0 Å². The van der Waals surface area contributed by atoms with Crippen molar-refractivity contribution in [2.45, 2.75) is 25.4 Å². The van der Waals surface area contributed by atoms with Crippen LogP contribution in [0.25, 0.3) is 10.9 Å². The molecular weight excluding hydrogens is 299 g/mol. The van der Waals surface area contributed by atoms with Gasteiger partial charge in [0.1, 0.15) is 0 Å². The first-order chi connectivity index (χ1) is 11.2. The maximum absolute atomic E-state index is 11.3. The van der Waals surface area contributed by atoms with Gasteiger partial charge in [0.15, 0.2) is 0 Å². The molecule has 3 saturated heterocycles. The third-order valence-corrected chi connectivity index (χ3v) is 5.27. The summed E-state index contributed by atoms with van der Waals surface area (Å²) in [6.07, 6.45) is 4.30. The second-order valence-electron chi connectivity index (χ2n) is 6.60. The predicted octanol–water partition coefficient (Wildman–Crippen LogP) is -2.91. The van der Waals surface area contributed by atoms with E-state index >= 15 is 0 Å². The number of aromatic carboxylic acids is 1. The van der Waals surface area contributed by atoms with E-state index in [1.807, 2.05) is 6.07 Å². The molecule has 0 spiro atoms. The van der Waals surface area contributed by atoms with Crippen LogP contribution in [0.3, 0.4) is 0 Å². The third-order valence-electron chi connectivity index (χ3n) is 5.27. The molecule has 3 fully saturated rings. The fourth-order valence-corrected chi connectivity index (χ4v) is 4.03. The van der Waals surface area contributed by atoms with Gasteiger partial charge in [-0.1, -0.05) is 18.2 Å². The minimum atomic E-state index is -1.15. The molecule has 6 nitrogen and oxygen atoms in total. The Morgan fingerprint density at radius 3 is 2.79 bits per heavy atom. The number of hydrogen-bond acceptors (Lipinski definition) is 5. The van der Waals surface area contributed by atoms with Crippen LogP contribution in [-0.2, 0) is 6.54 Å². The Balaban J connectivity index is 0.00000169. The molecule has 5 rings (SSSR count). The molecule has 1 atom stereocenters. The van der Waals surface area contributed by atoms with E-state index in [1.54, 1.807) is 23.0 Å². The number of para-hydroxylation sites is 1. The zero-order valence-corrected chi connectivity index (χ0v) is 14.1. The predicted molar refractivity (Wildman–Crippen MR) is 85.0 cm³/mol. The number of carbonyl (C=O) groups excluding carboxylic acids is 1. The van der Waals surface area contributed by atoms with Crippen LogP contribution < -0.4 is 29.3 Å². The van der Waals surface area contributed by atoms with Crippen molar-refractivity contribution >= 4 is 16.9 Å². The number of aromatic nitrogens is 2. The molecule has 0 unspecified atom stereocenters. The van der Waals surface area contributed by atoms with Crippen LogP contribution in [0.5, 0.6) is 0 Å². The molecule has 0 aliphatic carbocycles. The number of carboxylic acid groups (broad SMARTS) is 1. The van der Waals surface area contributed by atoms with E-state index in [1.165, 1.54) is 25.9 Å². The smallest absolute Gasteiger partial charge is 0.545 e. The van der Waals surface area contributed by atoms with E-state index in [2.05, 4.69) is 15.3 Å². The molecule has 0 amide bonds. The second kappa shape index (κ2) is 7.28. The van der Waals surface area contributed by atoms with E-state index in [9.17, 15) is 9.90 Å². The van der Waals surface area contributed by atoms with Gasteiger partial charge in [0, 0.05) is 30.1 Å². The van der Waals surface area contributed by atoms with Crippen LogP contribution in [0, 0.1) is 5.92 Å². The third kappa shape index (κ3) is 3.24. The Bertz CT molecular complexity index is 724. The van der Waals surface area contributed by atoms with Crippen molar-refractivity contribution in [3.05, 3.63) is 30.0 Å². The van der Waals surface area contributed by atoms with Crippen molar-refractivity contribution in [2.75, 3.05) is 26.2 Å². The molecule has 3 aliphatic rings. The minimum absolute atomic E-state index is 0.